The highest BCUT2D eigenvalue weighted by Gasteiger charge is 2.15. The molecule has 1 heterocycles. The predicted molar refractivity (Wildman–Crippen MR) is 66.4 cm³/mol. The minimum Gasteiger partial charge on any atom is -0.366 e. The number of nitriles is 1. The number of hydrogen-bond donors (Lipinski definition) is 1. The van der Waals surface area contributed by atoms with Gasteiger partial charge in [0.05, 0.1) is 11.8 Å². The molecule has 17 heavy (non-hydrogen) atoms. The lowest BCUT2D eigenvalue weighted by molar-refractivity contribution is 0.756. The van der Waals surface area contributed by atoms with E-state index in [1.54, 1.807) is 4.68 Å². The van der Waals surface area contributed by atoms with Crippen molar-refractivity contribution in [3.63, 3.8) is 0 Å². The van der Waals surface area contributed by atoms with Gasteiger partial charge in [-0.15, -0.1) is 0 Å². The Balaban J connectivity index is 2.24. The van der Waals surface area contributed by atoms with Crippen LogP contribution in [0.4, 0.5) is 5.69 Å². The van der Waals surface area contributed by atoms with Crippen molar-refractivity contribution < 1.29 is 0 Å². The zero-order chi connectivity index (χ0) is 12.3. The molecule has 1 atom stereocenters. The maximum Gasteiger partial charge on any atom is 0.143 e. The third-order valence-corrected chi connectivity index (χ3v) is 2.58. The molecule has 0 saturated heterocycles. The van der Waals surface area contributed by atoms with E-state index in [0.29, 0.717) is 0 Å². The van der Waals surface area contributed by atoms with Crippen LogP contribution in [0.15, 0.2) is 36.5 Å². The Morgan fingerprint density at radius 2 is 2.06 bits per heavy atom. The number of aryl methyl sites for hydroxylation is 2. The minimum atomic E-state index is -0.369. The number of anilines is 1. The summed E-state index contributed by atoms with van der Waals surface area (Å²) in [6.45, 7) is 1.91. The molecule has 0 amide bonds. The Labute approximate surface area is 100 Å². The molecule has 1 unspecified atom stereocenters. The lowest BCUT2D eigenvalue weighted by atomic mass is 10.1. The van der Waals surface area contributed by atoms with Crippen LogP contribution in [-0.2, 0) is 7.05 Å². The average Bonchev–Trinajstić information content (AvgIpc) is 2.67. The summed E-state index contributed by atoms with van der Waals surface area (Å²) in [5.74, 6) is 0. The number of para-hydroxylation sites is 1. The second kappa shape index (κ2) is 4.71. The standard InChI is InChI=1S/C13H14N4/c1-10-12(9-17(2)16-10)13(8-14)15-11-6-4-3-5-7-11/h3-7,9,13,15H,1-2H3. The van der Waals surface area contributed by atoms with Crippen molar-refractivity contribution in [1.29, 1.82) is 5.26 Å². The van der Waals surface area contributed by atoms with Gasteiger partial charge in [0.25, 0.3) is 0 Å². The van der Waals surface area contributed by atoms with Crippen LogP contribution < -0.4 is 5.32 Å². The zero-order valence-corrected chi connectivity index (χ0v) is 9.88. The summed E-state index contributed by atoms with van der Waals surface area (Å²) >= 11 is 0. The topological polar surface area (TPSA) is 53.6 Å². The second-order valence-electron chi connectivity index (χ2n) is 3.92. The second-order valence-corrected chi connectivity index (χ2v) is 3.92. The van der Waals surface area contributed by atoms with Crippen molar-refractivity contribution in [2.75, 3.05) is 5.32 Å². The number of nitrogens with one attached hydrogen (secondary N) is 1. The SMILES string of the molecule is Cc1nn(C)cc1C(C#N)Nc1ccccc1. The monoisotopic (exact) mass is 226 g/mol. The molecule has 2 aromatic rings. The molecule has 0 aliphatic carbocycles. The minimum absolute atomic E-state index is 0.369. The molecule has 0 radical (unpaired) electrons. The third kappa shape index (κ3) is 2.45. The fourth-order valence-electron chi connectivity index (χ4n) is 1.78. The van der Waals surface area contributed by atoms with Crippen molar-refractivity contribution in [3.05, 3.63) is 47.8 Å². The van der Waals surface area contributed by atoms with Gasteiger partial charge in [-0.3, -0.25) is 4.68 Å². The number of rotatable bonds is 3. The van der Waals surface area contributed by atoms with Crippen LogP contribution in [0.3, 0.4) is 0 Å². The van der Waals surface area contributed by atoms with Crippen molar-refractivity contribution in [2.45, 2.75) is 13.0 Å². The van der Waals surface area contributed by atoms with Crippen LogP contribution in [-0.4, -0.2) is 9.78 Å². The Kier molecular flexibility index (Phi) is 3.10. The summed E-state index contributed by atoms with van der Waals surface area (Å²) in [5.41, 5.74) is 2.73. The summed E-state index contributed by atoms with van der Waals surface area (Å²) in [5, 5.41) is 16.7. The van der Waals surface area contributed by atoms with Gasteiger partial charge < -0.3 is 5.32 Å². The normalized spacial score (nSPS) is 11.8. The molecule has 0 aliphatic heterocycles. The van der Waals surface area contributed by atoms with Gasteiger partial charge in [-0.1, -0.05) is 18.2 Å². The highest BCUT2D eigenvalue weighted by molar-refractivity contribution is 5.47. The van der Waals surface area contributed by atoms with E-state index in [1.165, 1.54) is 0 Å². The summed E-state index contributed by atoms with van der Waals surface area (Å²) < 4.78 is 1.72. The molecule has 0 spiro atoms. The summed E-state index contributed by atoms with van der Waals surface area (Å²) in [6.07, 6.45) is 1.87. The molecule has 1 N–H and O–H groups in total. The smallest absolute Gasteiger partial charge is 0.143 e. The van der Waals surface area contributed by atoms with Crippen LogP contribution in [0.25, 0.3) is 0 Å². The Bertz CT molecular complexity index is 536. The molecule has 4 heteroatoms. The lowest BCUT2D eigenvalue weighted by Crippen LogP contribution is -2.08. The van der Waals surface area contributed by atoms with Crippen LogP contribution >= 0.6 is 0 Å². The van der Waals surface area contributed by atoms with Gasteiger partial charge in [0, 0.05) is 24.5 Å². The first-order valence-electron chi connectivity index (χ1n) is 5.42. The van der Waals surface area contributed by atoms with Gasteiger partial charge in [0.15, 0.2) is 0 Å². The Hall–Kier alpha value is -2.28. The fraction of sp³-hybridized carbons (Fsp3) is 0.231. The van der Waals surface area contributed by atoms with E-state index < -0.39 is 0 Å². The molecule has 4 nitrogen and oxygen atoms in total. The quantitative estimate of drug-likeness (QED) is 0.874. The van der Waals surface area contributed by atoms with E-state index in [1.807, 2.05) is 50.5 Å². The van der Waals surface area contributed by atoms with E-state index in [4.69, 9.17) is 0 Å². The molecule has 0 bridgehead atoms. The molecule has 0 fully saturated rings. The zero-order valence-electron chi connectivity index (χ0n) is 9.88. The molecular formula is C13H14N4. The van der Waals surface area contributed by atoms with Gasteiger partial charge >= 0.3 is 0 Å². The van der Waals surface area contributed by atoms with Gasteiger partial charge in [-0.2, -0.15) is 10.4 Å². The first kappa shape index (κ1) is 11.2. The highest BCUT2D eigenvalue weighted by atomic mass is 15.3. The maximum absolute atomic E-state index is 9.22. The molecular weight excluding hydrogens is 212 g/mol. The van der Waals surface area contributed by atoms with Gasteiger partial charge in [0.1, 0.15) is 6.04 Å². The molecule has 1 aromatic carbocycles. The number of benzene rings is 1. The first-order chi connectivity index (χ1) is 8.20. The Morgan fingerprint density at radius 3 is 2.59 bits per heavy atom. The van der Waals surface area contributed by atoms with Gasteiger partial charge in [-0.25, -0.2) is 0 Å². The molecule has 1 aromatic heterocycles. The predicted octanol–water partition coefficient (Wildman–Crippen LogP) is 2.41. The summed E-state index contributed by atoms with van der Waals surface area (Å²) in [4.78, 5) is 0. The molecule has 2 rings (SSSR count). The maximum atomic E-state index is 9.22. The first-order valence-corrected chi connectivity index (χ1v) is 5.42. The van der Waals surface area contributed by atoms with Crippen LogP contribution in [0, 0.1) is 18.3 Å². The van der Waals surface area contributed by atoms with Crippen molar-refractivity contribution in [1.82, 2.24) is 9.78 Å². The van der Waals surface area contributed by atoms with Gasteiger partial charge in [0.2, 0.25) is 0 Å². The summed E-state index contributed by atoms with van der Waals surface area (Å²) in [7, 11) is 1.85. The largest absolute Gasteiger partial charge is 0.366 e. The highest BCUT2D eigenvalue weighted by Crippen LogP contribution is 2.20. The van der Waals surface area contributed by atoms with Crippen LogP contribution in [0.5, 0.6) is 0 Å². The number of hydrogen-bond acceptors (Lipinski definition) is 3. The third-order valence-electron chi connectivity index (χ3n) is 2.58. The molecule has 0 saturated carbocycles. The van der Waals surface area contributed by atoms with E-state index in [9.17, 15) is 5.26 Å². The van der Waals surface area contributed by atoms with E-state index in [2.05, 4.69) is 16.5 Å². The number of aromatic nitrogens is 2. The van der Waals surface area contributed by atoms with Crippen LogP contribution in [0.1, 0.15) is 17.3 Å². The van der Waals surface area contributed by atoms with Crippen molar-refractivity contribution >= 4 is 5.69 Å². The molecule has 86 valence electrons. The Morgan fingerprint density at radius 1 is 1.35 bits per heavy atom. The van der Waals surface area contributed by atoms with Gasteiger partial charge in [-0.05, 0) is 19.1 Å². The van der Waals surface area contributed by atoms with E-state index in [0.717, 1.165) is 16.9 Å². The number of nitrogens with zero attached hydrogens (tertiary/aromatic N) is 3. The summed E-state index contributed by atoms with van der Waals surface area (Å²) in [6, 6.07) is 11.6. The van der Waals surface area contributed by atoms with Crippen molar-refractivity contribution in [2.24, 2.45) is 7.05 Å². The van der Waals surface area contributed by atoms with E-state index in [-0.39, 0.29) is 6.04 Å². The lowest BCUT2D eigenvalue weighted by Gasteiger charge is -2.11. The average molecular weight is 226 g/mol. The molecule has 0 aliphatic rings. The fourth-order valence-corrected chi connectivity index (χ4v) is 1.78. The van der Waals surface area contributed by atoms with Crippen molar-refractivity contribution in [3.8, 4) is 6.07 Å². The van der Waals surface area contributed by atoms with E-state index >= 15 is 0 Å². The van der Waals surface area contributed by atoms with Crippen LogP contribution in [0.2, 0.25) is 0 Å².